The lowest BCUT2D eigenvalue weighted by molar-refractivity contribution is 0.0575. The minimum atomic E-state index is -0.532. The molecule has 1 N–H and O–H groups in total. The number of benzene rings is 1. The first-order valence-corrected chi connectivity index (χ1v) is 7.16. The molecule has 1 aromatic carbocycles. The number of halogens is 4. The molecule has 0 saturated carbocycles. The molecule has 0 aliphatic carbocycles. The average molecular weight is 448 g/mol. The largest absolute Gasteiger partial charge is 0.425 e. The van der Waals surface area contributed by atoms with Crippen LogP contribution in [0.15, 0.2) is 28.9 Å². The van der Waals surface area contributed by atoms with Crippen LogP contribution in [0.4, 0.5) is 0 Å². The van der Waals surface area contributed by atoms with Crippen LogP contribution in [0.1, 0.15) is 24.2 Å². The fourth-order valence-corrected chi connectivity index (χ4v) is 2.37. The van der Waals surface area contributed by atoms with E-state index in [-0.39, 0.29) is 27.6 Å². The maximum atomic E-state index is 12.1. The Morgan fingerprint density at radius 1 is 1.40 bits per heavy atom. The fourth-order valence-electron chi connectivity index (χ4n) is 1.22. The van der Waals surface area contributed by atoms with E-state index in [1.807, 2.05) is 13.8 Å². The van der Waals surface area contributed by atoms with E-state index in [4.69, 9.17) is 27.9 Å². The van der Waals surface area contributed by atoms with Crippen molar-refractivity contribution < 1.29 is 9.53 Å². The number of hydrogen-bond donors (Lipinski definition) is 1. The van der Waals surface area contributed by atoms with Crippen molar-refractivity contribution in [1.82, 2.24) is 5.32 Å². The second-order valence-electron chi connectivity index (χ2n) is 4.36. The molecule has 0 saturated heterocycles. The highest BCUT2D eigenvalue weighted by molar-refractivity contribution is 9.11. The molecule has 0 amide bonds. The van der Waals surface area contributed by atoms with Crippen LogP contribution in [0.25, 0.3) is 0 Å². The van der Waals surface area contributed by atoms with Crippen molar-refractivity contribution in [2.75, 3.05) is 7.05 Å². The summed E-state index contributed by atoms with van der Waals surface area (Å²) in [6.45, 7) is 3.77. The zero-order valence-electron chi connectivity index (χ0n) is 11.2. The summed E-state index contributed by atoms with van der Waals surface area (Å²) in [5.74, 6) is -0.0818. The highest BCUT2D eigenvalue weighted by Gasteiger charge is 2.26. The number of esters is 1. The smallest absolute Gasteiger partial charge is 0.344 e. The first-order valence-electron chi connectivity index (χ1n) is 5.49. The van der Waals surface area contributed by atoms with E-state index in [2.05, 4.69) is 21.2 Å². The van der Waals surface area contributed by atoms with Gasteiger partial charge in [-0.15, -0.1) is 17.0 Å². The monoisotopic (exact) mass is 445 g/mol. The van der Waals surface area contributed by atoms with E-state index in [0.717, 1.165) is 0 Å². The maximum absolute atomic E-state index is 12.1. The molecule has 0 spiro atoms. The standard InChI is InChI=1S/C13H14BrCl2NO2.BrH/c1-13(2,17-3)11(7-14)19-12(18)9-5-4-8(15)6-10(9)16;/h4-7,17H,1-3H3;1H. The molecule has 0 bridgehead atoms. The summed E-state index contributed by atoms with van der Waals surface area (Å²) in [5, 5.41) is 3.77. The lowest BCUT2D eigenvalue weighted by Crippen LogP contribution is -2.39. The van der Waals surface area contributed by atoms with Crippen LogP contribution in [0.5, 0.6) is 0 Å². The Hall–Kier alpha value is -0.0700. The van der Waals surface area contributed by atoms with Gasteiger partial charge in [0.05, 0.1) is 16.1 Å². The Balaban J connectivity index is 0.00000361. The van der Waals surface area contributed by atoms with Crippen molar-refractivity contribution in [1.29, 1.82) is 0 Å². The molecule has 0 unspecified atom stereocenters. The molecule has 0 radical (unpaired) electrons. The summed E-state index contributed by atoms with van der Waals surface area (Å²) >= 11 is 14.9. The summed E-state index contributed by atoms with van der Waals surface area (Å²) in [6, 6.07) is 4.62. The molecule has 0 fully saturated rings. The molecular weight excluding hydrogens is 433 g/mol. The topological polar surface area (TPSA) is 38.3 Å². The van der Waals surface area contributed by atoms with Gasteiger partial charge in [-0.3, -0.25) is 0 Å². The van der Waals surface area contributed by atoms with Crippen LogP contribution in [-0.4, -0.2) is 18.6 Å². The molecule has 20 heavy (non-hydrogen) atoms. The highest BCUT2D eigenvalue weighted by atomic mass is 79.9. The van der Waals surface area contributed by atoms with Gasteiger partial charge in [-0.2, -0.15) is 0 Å². The summed E-state index contributed by atoms with van der Waals surface area (Å²) in [4.78, 5) is 13.6. The SMILES string of the molecule is Br.CNC(C)(C)C(=CBr)OC(=O)c1ccc(Cl)cc1Cl. The van der Waals surface area contributed by atoms with Gasteiger partial charge in [-0.05, 0) is 39.1 Å². The van der Waals surface area contributed by atoms with Crippen molar-refractivity contribution in [2.45, 2.75) is 19.4 Å². The molecular formula is C13H15Br2Cl2NO2. The predicted molar refractivity (Wildman–Crippen MR) is 92.3 cm³/mol. The van der Waals surface area contributed by atoms with E-state index in [1.54, 1.807) is 18.1 Å². The number of nitrogens with one attached hydrogen (secondary N) is 1. The van der Waals surface area contributed by atoms with Crippen LogP contribution in [-0.2, 0) is 4.74 Å². The lowest BCUT2D eigenvalue weighted by atomic mass is 10.0. The van der Waals surface area contributed by atoms with Gasteiger partial charge in [0.15, 0.2) is 0 Å². The Morgan fingerprint density at radius 3 is 2.45 bits per heavy atom. The molecule has 0 aliphatic heterocycles. The second kappa shape index (κ2) is 8.39. The average Bonchev–Trinajstić information content (AvgIpc) is 2.35. The van der Waals surface area contributed by atoms with E-state index < -0.39 is 11.5 Å². The van der Waals surface area contributed by atoms with Crippen LogP contribution >= 0.6 is 56.1 Å². The number of likely N-dealkylation sites (N-methyl/N-ethyl adjacent to an activating group) is 1. The summed E-state index contributed by atoms with van der Waals surface area (Å²) in [6.07, 6.45) is 0. The summed E-state index contributed by atoms with van der Waals surface area (Å²) in [5.41, 5.74) is -0.220. The molecule has 1 aromatic rings. The van der Waals surface area contributed by atoms with Gasteiger partial charge in [0.25, 0.3) is 0 Å². The summed E-state index contributed by atoms with van der Waals surface area (Å²) in [7, 11) is 1.78. The first kappa shape index (κ1) is 19.9. The van der Waals surface area contributed by atoms with Crippen molar-refractivity contribution in [3.63, 3.8) is 0 Å². The van der Waals surface area contributed by atoms with E-state index in [9.17, 15) is 4.79 Å². The van der Waals surface area contributed by atoms with Crippen molar-refractivity contribution in [2.24, 2.45) is 0 Å². The first-order chi connectivity index (χ1) is 8.81. The minimum Gasteiger partial charge on any atom is -0.425 e. The quantitative estimate of drug-likeness (QED) is 0.523. The minimum absolute atomic E-state index is 0. The Morgan fingerprint density at radius 2 is 2.00 bits per heavy atom. The van der Waals surface area contributed by atoms with Gasteiger partial charge in [-0.25, -0.2) is 4.79 Å². The predicted octanol–water partition coefficient (Wildman–Crippen LogP) is 4.96. The van der Waals surface area contributed by atoms with Crippen LogP contribution in [0.3, 0.4) is 0 Å². The number of hydrogen-bond acceptors (Lipinski definition) is 3. The third kappa shape index (κ3) is 5.04. The molecule has 0 aliphatic rings. The maximum Gasteiger partial charge on any atom is 0.344 e. The van der Waals surface area contributed by atoms with Gasteiger partial charge in [0.1, 0.15) is 5.76 Å². The highest BCUT2D eigenvalue weighted by Crippen LogP contribution is 2.25. The molecule has 3 nitrogen and oxygen atoms in total. The third-order valence-electron chi connectivity index (χ3n) is 2.69. The van der Waals surface area contributed by atoms with E-state index in [1.165, 1.54) is 12.1 Å². The number of carbonyl (C=O) groups excluding carboxylic acids is 1. The Labute approximate surface area is 147 Å². The van der Waals surface area contributed by atoms with Crippen LogP contribution in [0.2, 0.25) is 10.0 Å². The number of ether oxygens (including phenoxy) is 1. The molecule has 0 atom stereocenters. The molecule has 7 heteroatoms. The van der Waals surface area contributed by atoms with Crippen LogP contribution in [0, 0.1) is 0 Å². The molecule has 0 heterocycles. The zero-order valence-corrected chi connectivity index (χ0v) is 16.0. The molecule has 1 rings (SSSR count). The third-order valence-corrected chi connectivity index (χ3v) is 3.66. The second-order valence-corrected chi connectivity index (χ2v) is 5.66. The lowest BCUT2D eigenvalue weighted by Gasteiger charge is -2.26. The van der Waals surface area contributed by atoms with Crippen LogP contribution < -0.4 is 5.32 Å². The molecule has 112 valence electrons. The van der Waals surface area contributed by atoms with Gasteiger partial charge < -0.3 is 10.1 Å². The number of carbonyl (C=O) groups is 1. The Kier molecular flexibility index (Phi) is 8.36. The van der Waals surface area contributed by atoms with Gasteiger partial charge in [0.2, 0.25) is 0 Å². The zero-order chi connectivity index (χ0) is 14.6. The molecule has 0 aromatic heterocycles. The summed E-state index contributed by atoms with van der Waals surface area (Å²) < 4.78 is 5.35. The normalized spacial score (nSPS) is 11.8. The van der Waals surface area contributed by atoms with Gasteiger partial charge in [0, 0.05) is 10.0 Å². The van der Waals surface area contributed by atoms with Crippen molar-refractivity contribution in [3.8, 4) is 0 Å². The number of rotatable bonds is 4. The van der Waals surface area contributed by atoms with E-state index >= 15 is 0 Å². The van der Waals surface area contributed by atoms with Gasteiger partial charge >= 0.3 is 5.97 Å². The Bertz CT molecular complexity index is 519. The van der Waals surface area contributed by atoms with Crippen molar-refractivity contribution >= 4 is 62.1 Å². The van der Waals surface area contributed by atoms with Gasteiger partial charge in [-0.1, -0.05) is 39.1 Å². The van der Waals surface area contributed by atoms with Crippen molar-refractivity contribution in [3.05, 3.63) is 44.6 Å². The van der Waals surface area contributed by atoms with E-state index in [0.29, 0.717) is 10.8 Å². The fraction of sp³-hybridized carbons (Fsp3) is 0.308.